The molecule has 0 saturated carbocycles. The molecule has 1 saturated heterocycles. The molecule has 0 aromatic heterocycles. The van der Waals surface area contributed by atoms with Crippen molar-refractivity contribution in [2.75, 3.05) is 13.2 Å². The molecule has 0 bridgehead atoms. The van der Waals surface area contributed by atoms with Gasteiger partial charge < -0.3 is 0 Å². The molecule has 4 nitrogen and oxygen atoms in total. The van der Waals surface area contributed by atoms with Crippen LogP contribution in [-0.2, 0) is 6.20 Å². The Bertz CT molecular complexity index is 64.1. The fraction of sp³-hybridized carbons (Fsp3) is 1.00. The molecule has 0 amide bonds. The van der Waals surface area contributed by atoms with Crippen molar-refractivity contribution >= 4 is 19.8 Å². The van der Waals surface area contributed by atoms with Gasteiger partial charge >= 0.3 is 46.2 Å². The van der Waals surface area contributed by atoms with Gasteiger partial charge in [0, 0.05) is 0 Å². The molecule has 0 radical (unpaired) electrons. The summed E-state index contributed by atoms with van der Waals surface area (Å²) in [6, 6.07) is 0. The van der Waals surface area contributed by atoms with Crippen LogP contribution in [0.5, 0.6) is 0 Å². The van der Waals surface area contributed by atoms with Crippen molar-refractivity contribution in [2.45, 2.75) is 0 Å². The first-order chi connectivity index (χ1) is 3.21. The Morgan fingerprint density at radius 1 is 1.14 bits per heavy atom. The van der Waals surface area contributed by atoms with Crippen LogP contribution in [0.3, 0.4) is 0 Å². The Labute approximate surface area is 46.6 Å². The summed E-state index contributed by atoms with van der Waals surface area (Å²) in [6.07, 6.45) is 0. The van der Waals surface area contributed by atoms with Gasteiger partial charge in [0.05, 0.1) is 0 Å². The molecular formula is C2H6O4Te. The van der Waals surface area contributed by atoms with Crippen LogP contribution in [0.1, 0.15) is 0 Å². The Hall–Kier alpha value is 0.630. The van der Waals surface area contributed by atoms with Crippen molar-refractivity contribution < 1.29 is 13.1 Å². The van der Waals surface area contributed by atoms with E-state index in [-0.39, 0.29) is 0 Å². The second-order valence-corrected chi connectivity index (χ2v) is 4.99. The zero-order valence-corrected chi connectivity index (χ0v) is 5.86. The van der Waals surface area contributed by atoms with Crippen LogP contribution in [0, 0.1) is 0 Å². The Morgan fingerprint density at radius 2 is 1.57 bits per heavy atom. The van der Waals surface area contributed by atoms with Crippen molar-refractivity contribution in [3.8, 4) is 0 Å². The molecule has 1 aliphatic heterocycles. The Morgan fingerprint density at radius 3 is 1.71 bits per heavy atom. The van der Waals surface area contributed by atoms with Gasteiger partial charge in [-0.3, -0.25) is 0 Å². The number of hydrogen-bond donors (Lipinski definition) is 2. The van der Waals surface area contributed by atoms with Crippen LogP contribution in [0.15, 0.2) is 0 Å². The third-order valence-electron chi connectivity index (χ3n) is 0.557. The van der Waals surface area contributed by atoms with Gasteiger partial charge in [0.15, 0.2) is 0 Å². The third kappa shape index (κ3) is 1.53. The molecular weight excluding hydrogens is 216 g/mol. The molecule has 1 aliphatic rings. The molecule has 1 fully saturated rings. The van der Waals surface area contributed by atoms with E-state index in [2.05, 4.69) is 6.20 Å². The van der Waals surface area contributed by atoms with E-state index in [1.165, 1.54) is 0 Å². The van der Waals surface area contributed by atoms with E-state index in [1.807, 2.05) is 0 Å². The molecule has 1 rings (SSSR count). The van der Waals surface area contributed by atoms with Gasteiger partial charge in [-0.25, -0.2) is 0 Å². The van der Waals surface area contributed by atoms with Gasteiger partial charge in [0.2, 0.25) is 0 Å². The fourth-order valence-corrected chi connectivity index (χ4v) is 2.14. The van der Waals surface area contributed by atoms with Gasteiger partial charge in [-0.1, -0.05) is 0 Å². The normalized spacial score (nSPS) is 32.9. The predicted molar refractivity (Wildman–Crippen MR) is 22.1 cm³/mol. The average Bonchev–Trinajstić information content (AvgIpc) is 1.84. The zero-order chi connectivity index (χ0) is 5.33. The van der Waals surface area contributed by atoms with Crippen molar-refractivity contribution in [3.63, 3.8) is 0 Å². The molecule has 2 N–H and O–H groups in total. The van der Waals surface area contributed by atoms with E-state index in [0.29, 0.717) is 13.2 Å². The summed E-state index contributed by atoms with van der Waals surface area (Å²) < 4.78 is 25.8. The van der Waals surface area contributed by atoms with E-state index in [9.17, 15) is 0 Å². The standard InChI is InChI=1S/C2H6O4Te/c3-7(4)5-1-2-6-7/h3-4H,1-2H2. The van der Waals surface area contributed by atoms with Crippen molar-refractivity contribution in [1.29, 1.82) is 0 Å². The molecule has 0 aromatic carbocycles. The molecule has 0 unspecified atom stereocenters. The minimum atomic E-state index is -3.99. The van der Waals surface area contributed by atoms with Crippen LogP contribution in [0.2, 0.25) is 0 Å². The molecule has 0 aliphatic carbocycles. The van der Waals surface area contributed by atoms with E-state index >= 15 is 0 Å². The first-order valence-electron chi connectivity index (χ1n) is 1.78. The number of rotatable bonds is 0. The summed E-state index contributed by atoms with van der Waals surface area (Å²) in [6.45, 7) is 0.655. The van der Waals surface area contributed by atoms with Crippen LogP contribution < -0.4 is 0 Å². The maximum absolute atomic E-state index is 8.50. The molecule has 7 heavy (non-hydrogen) atoms. The van der Waals surface area contributed by atoms with Crippen LogP contribution in [0.4, 0.5) is 0 Å². The van der Waals surface area contributed by atoms with Crippen molar-refractivity contribution in [3.05, 3.63) is 0 Å². The maximum atomic E-state index is 8.50. The SMILES string of the molecule is O[Te]1(O)OCCO1. The van der Waals surface area contributed by atoms with Gasteiger partial charge in [0.1, 0.15) is 0 Å². The second-order valence-electron chi connectivity index (χ2n) is 1.09. The Balaban J connectivity index is 2.40. The second kappa shape index (κ2) is 1.86. The van der Waals surface area contributed by atoms with Gasteiger partial charge in [-0.15, -0.1) is 0 Å². The summed E-state index contributed by atoms with van der Waals surface area (Å²) >= 11 is -3.99. The summed E-state index contributed by atoms with van der Waals surface area (Å²) in [4.78, 5) is 0. The molecule has 0 spiro atoms. The third-order valence-corrected chi connectivity index (χ3v) is 3.26. The molecule has 1 heterocycles. The molecule has 44 valence electrons. The quantitative estimate of drug-likeness (QED) is 0.487. The summed E-state index contributed by atoms with van der Waals surface area (Å²) in [5, 5.41) is 0. The van der Waals surface area contributed by atoms with Gasteiger partial charge in [-0.2, -0.15) is 0 Å². The zero-order valence-electron chi connectivity index (χ0n) is 3.53. The van der Waals surface area contributed by atoms with E-state index in [4.69, 9.17) is 6.94 Å². The van der Waals surface area contributed by atoms with Crippen LogP contribution in [-0.4, -0.2) is 40.0 Å². The number of hydrogen-bond acceptors (Lipinski definition) is 4. The monoisotopic (exact) mass is 224 g/mol. The molecule has 0 aromatic rings. The first kappa shape index (κ1) is 5.76. The minimum absolute atomic E-state index is 0.328. The summed E-state index contributed by atoms with van der Waals surface area (Å²) in [7, 11) is 0. The fourth-order valence-electron chi connectivity index (χ4n) is 0.319. The van der Waals surface area contributed by atoms with E-state index in [1.54, 1.807) is 0 Å². The average molecular weight is 222 g/mol. The summed E-state index contributed by atoms with van der Waals surface area (Å²) in [5.41, 5.74) is 0. The van der Waals surface area contributed by atoms with Crippen molar-refractivity contribution in [1.82, 2.24) is 0 Å². The Kier molecular flexibility index (Phi) is 1.53. The van der Waals surface area contributed by atoms with Crippen LogP contribution in [0.25, 0.3) is 0 Å². The van der Waals surface area contributed by atoms with E-state index in [0.717, 1.165) is 0 Å². The molecule has 0 atom stereocenters. The van der Waals surface area contributed by atoms with E-state index < -0.39 is 19.8 Å². The summed E-state index contributed by atoms with van der Waals surface area (Å²) in [5.74, 6) is 0. The first-order valence-corrected chi connectivity index (χ1v) is 5.76. The van der Waals surface area contributed by atoms with Crippen molar-refractivity contribution in [2.24, 2.45) is 0 Å². The predicted octanol–water partition coefficient (Wildman–Crippen LogP) is -1.55. The van der Waals surface area contributed by atoms with Crippen LogP contribution >= 0.6 is 0 Å². The topological polar surface area (TPSA) is 58.9 Å². The van der Waals surface area contributed by atoms with Gasteiger partial charge in [0.25, 0.3) is 0 Å². The molecule has 5 heteroatoms. The van der Waals surface area contributed by atoms with Gasteiger partial charge in [-0.05, 0) is 0 Å².